The molecule has 12 unspecified atom stereocenters. The fourth-order valence-corrected chi connectivity index (χ4v) is 6.73. The first-order valence-corrected chi connectivity index (χ1v) is 17.1. The molecule has 2 aliphatic rings. The number of rotatable bonds is 10. The SMILES string of the molecule is CO/C1=C/C(C)=C/C(C)C(O)C(C)C/C(C)=C/C=C\C(OC)C(C(C)C(O)C(C)C2(OC)CC(OC(=O)/C=C/C(=O)O)C(C)C(C)O2)OC1=O. The van der Waals surface area contributed by atoms with E-state index in [1.54, 1.807) is 39.0 Å². The van der Waals surface area contributed by atoms with Gasteiger partial charge in [0.2, 0.25) is 5.76 Å². The minimum atomic E-state index is -1.43. The molecular formula is C38H58O12. The average Bonchev–Trinajstić information content (AvgIpc) is 3.07. The number of hydrogen-bond acceptors (Lipinski definition) is 11. The van der Waals surface area contributed by atoms with Gasteiger partial charge >= 0.3 is 17.9 Å². The smallest absolute Gasteiger partial charge is 0.373 e. The summed E-state index contributed by atoms with van der Waals surface area (Å²) in [6.07, 6.45) is 6.32. The predicted molar refractivity (Wildman–Crippen MR) is 186 cm³/mol. The molecule has 1 saturated heterocycles. The van der Waals surface area contributed by atoms with Gasteiger partial charge < -0.3 is 43.7 Å². The molecule has 0 radical (unpaired) electrons. The highest BCUT2D eigenvalue weighted by molar-refractivity contribution is 5.90. The van der Waals surface area contributed by atoms with E-state index in [2.05, 4.69) is 0 Å². The molecule has 2 aliphatic heterocycles. The normalized spacial score (nSPS) is 37.5. The van der Waals surface area contributed by atoms with Crippen LogP contribution in [0, 0.1) is 29.6 Å². The number of aliphatic hydroxyl groups excluding tert-OH is 2. The van der Waals surface area contributed by atoms with E-state index in [4.69, 9.17) is 33.5 Å². The van der Waals surface area contributed by atoms with Crippen LogP contribution in [-0.4, -0.2) is 97.0 Å². The number of carboxylic acid groups (broad SMARTS) is 1. The maximum Gasteiger partial charge on any atom is 0.373 e. The Balaban J connectivity index is 2.54. The van der Waals surface area contributed by atoms with Crippen molar-refractivity contribution >= 4 is 17.9 Å². The Kier molecular flexibility index (Phi) is 16.6. The van der Waals surface area contributed by atoms with E-state index in [0.29, 0.717) is 18.1 Å². The fraction of sp³-hybridized carbons (Fsp3) is 0.658. The van der Waals surface area contributed by atoms with Crippen molar-refractivity contribution in [3.8, 4) is 0 Å². The number of allylic oxidation sites excluding steroid dienone is 5. The number of carbonyl (C=O) groups excluding carboxylic acids is 2. The highest BCUT2D eigenvalue weighted by atomic mass is 16.7. The van der Waals surface area contributed by atoms with Gasteiger partial charge in [0.1, 0.15) is 18.3 Å². The van der Waals surface area contributed by atoms with E-state index in [0.717, 1.165) is 11.6 Å². The highest BCUT2D eigenvalue weighted by Crippen LogP contribution is 2.43. The van der Waals surface area contributed by atoms with Gasteiger partial charge in [-0.15, -0.1) is 0 Å². The lowest BCUT2D eigenvalue weighted by Gasteiger charge is -2.50. The summed E-state index contributed by atoms with van der Waals surface area (Å²) < 4.78 is 35.3. The van der Waals surface area contributed by atoms with Crippen molar-refractivity contribution in [2.75, 3.05) is 21.3 Å². The van der Waals surface area contributed by atoms with E-state index in [1.165, 1.54) is 21.3 Å². The number of cyclic esters (lactones) is 1. The first-order chi connectivity index (χ1) is 23.4. The van der Waals surface area contributed by atoms with Crippen LogP contribution in [0.15, 0.2) is 59.4 Å². The van der Waals surface area contributed by atoms with Gasteiger partial charge in [0.15, 0.2) is 5.79 Å². The van der Waals surface area contributed by atoms with Crippen LogP contribution in [0.5, 0.6) is 0 Å². The topological polar surface area (TPSA) is 167 Å². The lowest BCUT2D eigenvalue weighted by molar-refractivity contribution is -0.330. The Bertz CT molecular complexity index is 1310. The number of esters is 2. The van der Waals surface area contributed by atoms with Gasteiger partial charge in [0, 0.05) is 56.5 Å². The number of aliphatic carboxylic acids is 1. The average molecular weight is 707 g/mol. The largest absolute Gasteiger partial charge is 0.490 e. The summed E-state index contributed by atoms with van der Waals surface area (Å²) in [4.78, 5) is 37.0. The highest BCUT2D eigenvalue weighted by Gasteiger charge is 2.53. The Morgan fingerprint density at radius 2 is 1.74 bits per heavy atom. The van der Waals surface area contributed by atoms with Crippen LogP contribution >= 0.6 is 0 Å². The molecule has 50 heavy (non-hydrogen) atoms. The number of methoxy groups -OCH3 is 3. The molecule has 0 aromatic carbocycles. The van der Waals surface area contributed by atoms with E-state index in [9.17, 15) is 24.6 Å². The third-order valence-corrected chi connectivity index (χ3v) is 10.0. The lowest BCUT2D eigenvalue weighted by Crippen LogP contribution is -2.59. The lowest BCUT2D eigenvalue weighted by atomic mass is 9.77. The van der Waals surface area contributed by atoms with Gasteiger partial charge in [-0.2, -0.15) is 0 Å². The fourth-order valence-electron chi connectivity index (χ4n) is 6.73. The Labute approximate surface area is 296 Å². The van der Waals surface area contributed by atoms with Crippen molar-refractivity contribution in [1.82, 2.24) is 0 Å². The second-order valence-corrected chi connectivity index (χ2v) is 13.8. The number of aliphatic hydroxyl groups is 2. The summed E-state index contributed by atoms with van der Waals surface area (Å²) in [7, 11) is 4.28. The third kappa shape index (κ3) is 11.4. The molecule has 12 atom stereocenters. The van der Waals surface area contributed by atoms with Crippen LogP contribution in [0.2, 0.25) is 0 Å². The summed E-state index contributed by atoms with van der Waals surface area (Å²) in [5.41, 5.74) is 1.74. The van der Waals surface area contributed by atoms with Crippen LogP contribution in [-0.2, 0) is 42.8 Å². The van der Waals surface area contributed by atoms with Gasteiger partial charge in [0.25, 0.3) is 0 Å². The molecule has 0 aromatic rings. The third-order valence-electron chi connectivity index (χ3n) is 10.0. The molecule has 0 amide bonds. The molecule has 3 N–H and O–H groups in total. The van der Waals surface area contributed by atoms with Gasteiger partial charge in [-0.05, 0) is 39.2 Å². The van der Waals surface area contributed by atoms with Gasteiger partial charge in [-0.3, -0.25) is 0 Å². The Hall–Kier alpha value is -3.29. The van der Waals surface area contributed by atoms with Crippen molar-refractivity contribution in [2.24, 2.45) is 29.6 Å². The molecule has 0 saturated carbocycles. The summed E-state index contributed by atoms with van der Waals surface area (Å²) in [5, 5.41) is 31.8. The summed E-state index contributed by atoms with van der Waals surface area (Å²) >= 11 is 0. The Morgan fingerprint density at radius 3 is 2.32 bits per heavy atom. The second kappa shape index (κ2) is 19.4. The van der Waals surface area contributed by atoms with E-state index >= 15 is 0 Å². The van der Waals surface area contributed by atoms with Crippen LogP contribution in [0.25, 0.3) is 0 Å². The second-order valence-electron chi connectivity index (χ2n) is 13.8. The monoisotopic (exact) mass is 706 g/mol. The van der Waals surface area contributed by atoms with Crippen molar-refractivity contribution in [1.29, 1.82) is 0 Å². The standard InChI is InChI=1S/C38H58O12/c1-21-13-12-14-29(45-9)36(49-37(44)30(46-10)19-22(2)18-24(4)34(42)23(3)17-21)26(6)35(43)27(7)38(47-11)20-31(25(5)28(8)50-38)48-33(41)16-15-32(39)40/h12-16,18-19,23-29,31,34-36,42-43H,17,20H2,1-11H3,(H,39,40)/b14-12-,16-15+,21-13+,22-18+,30-19+. The number of hydrogen-bond donors (Lipinski definition) is 3. The van der Waals surface area contributed by atoms with Crippen LogP contribution in [0.4, 0.5) is 0 Å². The molecule has 0 aliphatic carbocycles. The zero-order valence-corrected chi connectivity index (χ0v) is 31.3. The van der Waals surface area contributed by atoms with Crippen LogP contribution in [0.1, 0.15) is 68.2 Å². The minimum absolute atomic E-state index is 0.0322. The minimum Gasteiger partial charge on any atom is -0.490 e. The molecule has 2 heterocycles. The van der Waals surface area contributed by atoms with Crippen molar-refractivity contribution in [3.05, 3.63) is 59.4 Å². The Morgan fingerprint density at radius 1 is 1.08 bits per heavy atom. The van der Waals surface area contributed by atoms with E-state index in [-0.39, 0.29) is 29.9 Å². The predicted octanol–water partition coefficient (Wildman–Crippen LogP) is 4.90. The molecule has 12 heteroatoms. The van der Waals surface area contributed by atoms with E-state index < -0.39 is 72.2 Å². The summed E-state index contributed by atoms with van der Waals surface area (Å²) in [6, 6.07) is 0. The summed E-state index contributed by atoms with van der Waals surface area (Å²) in [6.45, 7) is 14.8. The summed E-state index contributed by atoms with van der Waals surface area (Å²) in [5.74, 6) is -6.40. The van der Waals surface area contributed by atoms with E-state index in [1.807, 2.05) is 46.8 Å². The molecule has 2 rings (SSSR count). The molecule has 0 aromatic heterocycles. The van der Waals surface area contributed by atoms with Crippen molar-refractivity contribution < 1.29 is 58.1 Å². The van der Waals surface area contributed by atoms with Crippen molar-refractivity contribution in [2.45, 2.75) is 111 Å². The number of carboxylic acids is 1. The van der Waals surface area contributed by atoms with Crippen LogP contribution in [0.3, 0.4) is 0 Å². The first-order valence-electron chi connectivity index (χ1n) is 17.1. The van der Waals surface area contributed by atoms with Gasteiger partial charge in [0.05, 0.1) is 25.4 Å². The van der Waals surface area contributed by atoms with Gasteiger partial charge in [-0.1, -0.05) is 70.1 Å². The maximum absolute atomic E-state index is 13.6. The first kappa shape index (κ1) is 42.9. The van der Waals surface area contributed by atoms with Crippen molar-refractivity contribution in [3.63, 3.8) is 0 Å². The number of ether oxygens (including phenoxy) is 6. The maximum atomic E-state index is 13.6. The number of carbonyl (C=O) groups is 3. The molecule has 12 nitrogen and oxygen atoms in total. The quantitative estimate of drug-likeness (QED) is 0.208. The zero-order valence-electron chi connectivity index (χ0n) is 31.3. The van der Waals surface area contributed by atoms with Gasteiger partial charge in [-0.25, -0.2) is 14.4 Å². The van der Waals surface area contributed by atoms with Crippen LogP contribution < -0.4 is 0 Å². The molecule has 282 valence electrons. The zero-order chi connectivity index (χ0) is 37.9. The molecule has 1 fully saturated rings. The molecular weight excluding hydrogens is 648 g/mol. The molecule has 0 spiro atoms. The molecule has 0 bridgehead atoms.